The van der Waals surface area contributed by atoms with Gasteiger partial charge in [-0.3, -0.25) is 10.1 Å². The van der Waals surface area contributed by atoms with Gasteiger partial charge in [0, 0.05) is 6.08 Å². The van der Waals surface area contributed by atoms with Gasteiger partial charge in [-0.2, -0.15) is 0 Å². The van der Waals surface area contributed by atoms with Crippen molar-refractivity contribution in [2.45, 2.75) is 26.7 Å². The third-order valence-electron chi connectivity index (χ3n) is 2.83. The highest BCUT2D eigenvalue weighted by molar-refractivity contribution is 7.15. The van der Waals surface area contributed by atoms with E-state index in [9.17, 15) is 4.79 Å². The number of hydrogen-bond donors (Lipinski definition) is 1. The van der Waals surface area contributed by atoms with E-state index in [1.807, 2.05) is 31.2 Å². The molecule has 0 aliphatic carbocycles. The zero-order valence-corrected chi connectivity index (χ0v) is 13.5. The molecule has 0 aliphatic heterocycles. The van der Waals surface area contributed by atoms with E-state index in [0.717, 1.165) is 35.8 Å². The van der Waals surface area contributed by atoms with E-state index in [1.54, 1.807) is 6.08 Å². The molecule has 0 saturated heterocycles. The number of hydrogen-bond acceptors (Lipinski definition) is 5. The van der Waals surface area contributed by atoms with E-state index in [2.05, 4.69) is 22.4 Å². The van der Waals surface area contributed by atoms with Crippen LogP contribution >= 0.6 is 11.3 Å². The molecular weight excluding hydrogens is 298 g/mol. The van der Waals surface area contributed by atoms with Gasteiger partial charge in [-0.25, -0.2) is 0 Å². The number of unbranched alkanes of at least 4 members (excludes halogenated alkanes) is 1. The Balaban J connectivity index is 1.85. The Morgan fingerprint density at radius 2 is 2.09 bits per heavy atom. The summed E-state index contributed by atoms with van der Waals surface area (Å²) in [5, 5.41) is 11.7. The number of nitrogens with zero attached hydrogens (tertiary/aromatic N) is 2. The van der Waals surface area contributed by atoms with E-state index in [0.29, 0.717) is 5.13 Å². The van der Waals surface area contributed by atoms with Gasteiger partial charge in [0.05, 0.1) is 6.61 Å². The minimum absolute atomic E-state index is 0.223. The molecule has 2 rings (SSSR count). The van der Waals surface area contributed by atoms with Crippen molar-refractivity contribution in [1.82, 2.24) is 10.2 Å². The number of amides is 1. The number of benzene rings is 1. The summed E-state index contributed by atoms with van der Waals surface area (Å²) < 4.78 is 5.59. The Morgan fingerprint density at radius 3 is 2.73 bits per heavy atom. The quantitative estimate of drug-likeness (QED) is 0.625. The maximum atomic E-state index is 11.8. The number of nitrogens with one attached hydrogen (secondary N) is 1. The summed E-state index contributed by atoms with van der Waals surface area (Å²) in [6.45, 7) is 4.70. The Bertz CT molecular complexity index is 635. The molecule has 2 aromatic rings. The SMILES string of the molecule is CCCCOc1ccc(/C=C/C(=O)Nc2nnc(C)s2)cc1. The number of aryl methyl sites for hydroxylation is 1. The van der Waals surface area contributed by atoms with Crippen molar-refractivity contribution in [3.05, 3.63) is 40.9 Å². The van der Waals surface area contributed by atoms with Gasteiger partial charge < -0.3 is 4.74 Å². The zero-order valence-electron chi connectivity index (χ0n) is 12.7. The number of carbonyl (C=O) groups excluding carboxylic acids is 1. The Kier molecular flexibility index (Phi) is 6.09. The average molecular weight is 317 g/mol. The summed E-state index contributed by atoms with van der Waals surface area (Å²) in [5.41, 5.74) is 0.937. The third kappa shape index (κ3) is 5.29. The van der Waals surface area contributed by atoms with Crippen LogP contribution in [0.2, 0.25) is 0 Å². The number of rotatable bonds is 7. The summed E-state index contributed by atoms with van der Waals surface area (Å²) in [6, 6.07) is 7.64. The van der Waals surface area contributed by atoms with Gasteiger partial charge in [0.25, 0.3) is 0 Å². The molecule has 0 spiro atoms. The van der Waals surface area contributed by atoms with Gasteiger partial charge >= 0.3 is 0 Å². The van der Waals surface area contributed by atoms with Crippen LogP contribution in [-0.2, 0) is 4.79 Å². The summed E-state index contributed by atoms with van der Waals surface area (Å²) in [4.78, 5) is 11.8. The lowest BCUT2D eigenvalue weighted by atomic mass is 10.2. The normalized spacial score (nSPS) is 10.8. The fraction of sp³-hybridized carbons (Fsp3) is 0.312. The minimum atomic E-state index is -0.223. The lowest BCUT2D eigenvalue weighted by molar-refractivity contribution is -0.111. The largest absolute Gasteiger partial charge is 0.494 e. The van der Waals surface area contributed by atoms with Gasteiger partial charge in [-0.15, -0.1) is 10.2 Å². The van der Waals surface area contributed by atoms with Crippen molar-refractivity contribution in [3.63, 3.8) is 0 Å². The second kappa shape index (κ2) is 8.29. The molecule has 1 aromatic heterocycles. The summed E-state index contributed by atoms with van der Waals surface area (Å²) >= 11 is 1.34. The van der Waals surface area contributed by atoms with Crippen LogP contribution in [-0.4, -0.2) is 22.7 Å². The summed E-state index contributed by atoms with van der Waals surface area (Å²) in [6.07, 6.45) is 5.39. The highest BCUT2D eigenvalue weighted by Crippen LogP contribution is 2.15. The first kappa shape index (κ1) is 16.2. The zero-order chi connectivity index (χ0) is 15.8. The van der Waals surface area contributed by atoms with E-state index in [1.165, 1.54) is 17.4 Å². The van der Waals surface area contributed by atoms with Gasteiger partial charge in [0.2, 0.25) is 11.0 Å². The fourth-order valence-corrected chi connectivity index (χ4v) is 2.27. The topological polar surface area (TPSA) is 64.1 Å². The summed E-state index contributed by atoms with van der Waals surface area (Å²) in [7, 11) is 0. The number of aromatic nitrogens is 2. The summed E-state index contributed by atoms with van der Waals surface area (Å²) in [5.74, 6) is 0.624. The second-order valence-electron chi connectivity index (χ2n) is 4.72. The molecule has 116 valence electrons. The van der Waals surface area contributed by atoms with E-state index in [4.69, 9.17) is 4.74 Å². The van der Waals surface area contributed by atoms with Gasteiger partial charge in [-0.1, -0.05) is 36.8 Å². The second-order valence-corrected chi connectivity index (χ2v) is 5.90. The predicted molar refractivity (Wildman–Crippen MR) is 89.2 cm³/mol. The highest BCUT2D eigenvalue weighted by atomic mass is 32.1. The smallest absolute Gasteiger partial charge is 0.250 e. The molecule has 0 atom stereocenters. The molecule has 0 radical (unpaired) electrons. The molecule has 0 fully saturated rings. The molecule has 1 aromatic carbocycles. The Hall–Kier alpha value is -2.21. The minimum Gasteiger partial charge on any atom is -0.494 e. The van der Waals surface area contributed by atoms with Crippen LogP contribution in [0.15, 0.2) is 30.3 Å². The molecule has 22 heavy (non-hydrogen) atoms. The molecule has 5 nitrogen and oxygen atoms in total. The molecule has 0 unspecified atom stereocenters. The van der Waals surface area contributed by atoms with Crippen LogP contribution in [0.1, 0.15) is 30.3 Å². The predicted octanol–water partition coefficient (Wildman–Crippen LogP) is 3.68. The maximum Gasteiger partial charge on any atom is 0.250 e. The molecule has 1 amide bonds. The fourth-order valence-electron chi connectivity index (χ4n) is 1.68. The van der Waals surface area contributed by atoms with Gasteiger partial charge in [0.1, 0.15) is 10.8 Å². The average Bonchev–Trinajstić information content (AvgIpc) is 2.92. The van der Waals surface area contributed by atoms with Crippen LogP contribution in [0, 0.1) is 6.92 Å². The van der Waals surface area contributed by atoms with Crippen LogP contribution in [0.25, 0.3) is 6.08 Å². The number of ether oxygens (including phenoxy) is 1. The van der Waals surface area contributed by atoms with Gasteiger partial charge in [0.15, 0.2) is 0 Å². The van der Waals surface area contributed by atoms with Crippen LogP contribution in [0.5, 0.6) is 5.75 Å². The molecule has 0 aliphatic rings. The molecule has 0 bridgehead atoms. The first-order chi connectivity index (χ1) is 10.7. The maximum absolute atomic E-state index is 11.8. The standard InChI is InChI=1S/C16H19N3O2S/c1-3-4-11-21-14-8-5-13(6-9-14)7-10-15(20)17-16-19-18-12(2)22-16/h5-10H,3-4,11H2,1-2H3,(H,17,19,20)/b10-7+. The Labute approximate surface area is 134 Å². The van der Waals surface area contributed by atoms with Crippen molar-refractivity contribution in [2.75, 3.05) is 11.9 Å². The van der Waals surface area contributed by atoms with Crippen molar-refractivity contribution in [3.8, 4) is 5.75 Å². The van der Waals surface area contributed by atoms with Crippen molar-refractivity contribution < 1.29 is 9.53 Å². The first-order valence-corrected chi connectivity index (χ1v) is 8.01. The lowest BCUT2D eigenvalue weighted by Gasteiger charge is -2.04. The molecule has 1 heterocycles. The van der Waals surface area contributed by atoms with Crippen LogP contribution in [0.4, 0.5) is 5.13 Å². The van der Waals surface area contributed by atoms with Crippen LogP contribution < -0.4 is 10.1 Å². The van der Waals surface area contributed by atoms with Crippen LogP contribution in [0.3, 0.4) is 0 Å². The monoisotopic (exact) mass is 317 g/mol. The van der Waals surface area contributed by atoms with E-state index >= 15 is 0 Å². The number of anilines is 1. The van der Waals surface area contributed by atoms with Gasteiger partial charge in [-0.05, 0) is 37.1 Å². The van der Waals surface area contributed by atoms with E-state index < -0.39 is 0 Å². The third-order valence-corrected chi connectivity index (χ3v) is 3.58. The van der Waals surface area contributed by atoms with Crippen molar-refractivity contribution in [2.24, 2.45) is 0 Å². The van der Waals surface area contributed by atoms with Crippen molar-refractivity contribution in [1.29, 1.82) is 0 Å². The van der Waals surface area contributed by atoms with Crippen molar-refractivity contribution >= 4 is 28.5 Å². The molecule has 0 saturated carbocycles. The Morgan fingerprint density at radius 1 is 1.32 bits per heavy atom. The molecule has 6 heteroatoms. The van der Waals surface area contributed by atoms with E-state index in [-0.39, 0.29) is 5.91 Å². The first-order valence-electron chi connectivity index (χ1n) is 7.19. The highest BCUT2D eigenvalue weighted by Gasteiger charge is 2.02. The molecular formula is C16H19N3O2S. The lowest BCUT2D eigenvalue weighted by Crippen LogP contribution is -2.07. The molecule has 1 N–H and O–H groups in total. The number of carbonyl (C=O) groups is 1.